The predicted molar refractivity (Wildman–Crippen MR) is 97.1 cm³/mol. The quantitative estimate of drug-likeness (QED) is 0.803. The maximum atomic E-state index is 12.6. The number of ether oxygens (including phenoxy) is 1. The van der Waals surface area contributed by atoms with Gasteiger partial charge in [-0.3, -0.25) is 9.59 Å². The lowest BCUT2D eigenvalue weighted by molar-refractivity contribution is -0.134. The van der Waals surface area contributed by atoms with E-state index in [1.807, 2.05) is 62.4 Å². The van der Waals surface area contributed by atoms with Crippen molar-refractivity contribution in [2.24, 2.45) is 5.73 Å². The smallest absolute Gasteiger partial charge is 0.260 e. The largest absolute Gasteiger partial charge is 0.483 e. The summed E-state index contributed by atoms with van der Waals surface area (Å²) in [7, 11) is 0. The van der Waals surface area contributed by atoms with Crippen LogP contribution in [0.15, 0.2) is 48.5 Å². The normalized spacial score (nSPS) is 10.3. The number of nitrogens with two attached hydrogens (primary N) is 1. The monoisotopic (exact) mass is 340 g/mol. The lowest BCUT2D eigenvalue weighted by Gasteiger charge is -2.23. The summed E-state index contributed by atoms with van der Waals surface area (Å²) in [4.78, 5) is 25.3. The zero-order valence-electron chi connectivity index (χ0n) is 14.7. The Morgan fingerprint density at radius 2 is 1.76 bits per heavy atom. The van der Waals surface area contributed by atoms with Crippen molar-refractivity contribution in [2.75, 3.05) is 13.2 Å². The van der Waals surface area contributed by atoms with E-state index in [0.29, 0.717) is 12.3 Å². The Balaban J connectivity index is 2.03. The van der Waals surface area contributed by atoms with Crippen molar-refractivity contribution in [3.8, 4) is 5.75 Å². The van der Waals surface area contributed by atoms with E-state index in [9.17, 15) is 9.59 Å². The number of amides is 2. The third-order valence-electron chi connectivity index (χ3n) is 4.10. The SMILES string of the molecule is Cc1cccc(OCC(=O)N(CCC(N)=O)Cc2ccccc2)c1C. The molecule has 0 fully saturated rings. The van der Waals surface area contributed by atoms with Crippen LogP contribution in [0.3, 0.4) is 0 Å². The summed E-state index contributed by atoms with van der Waals surface area (Å²) in [6.07, 6.45) is 0.127. The fourth-order valence-corrected chi connectivity index (χ4v) is 2.45. The van der Waals surface area contributed by atoms with Crippen LogP contribution in [0.4, 0.5) is 0 Å². The Morgan fingerprint density at radius 1 is 1.04 bits per heavy atom. The first kappa shape index (κ1) is 18.5. The van der Waals surface area contributed by atoms with Crippen LogP contribution in [-0.4, -0.2) is 29.9 Å². The number of carbonyl (C=O) groups is 2. The van der Waals surface area contributed by atoms with Crippen LogP contribution >= 0.6 is 0 Å². The van der Waals surface area contributed by atoms with Crippen LogP contribution in [0.25, 0.3) is 0 Å². The van der Waals surface area contributed by atoms with Gasteiger partial charge in [0.2, 0.25) is 5.91 Å². The van der Waals surface area contributed by atoms with E-state index >= 15 is 0 Å². The van der Waals surface area contributed by atoms with Gasteiger partial charge in [0, 0.05) is 19.5 Å². The average Bonchev–Trinajstić information content (AvgIpc) is 2.60. The highest BCUT2D eigenvalue weighted by molar-refractivity contribution is 5.79. The predicted octanol–water partition coefficient (Wildman–Crippen LogP) is 2.59. The highest BCUT2D eigenvalue weighted by atomic mass is 16.5. The average molecular weight is 340 g/mol. The Hall–Kier alpha value is -2.82. The minimum Gasteiger partial charge on any atom is -0.483 e. The maximum absolute atomic E-state index is 12.6. The maximum Gasteiger partial charge on any atom is 0.260 e. The van der Waals surface area contributed by atoms with Gasteiger partial charge in [0.15, 0.2) is 6.61 Å². The van der Waals surface area contributed by atoms with Crippen molar-refractivity contribution < 1.29 is 14.3 Å². The van der Waals surface area contributed by atoms with Crippen molar-refractivity contribution in [2.45, 2.75) is 26.8 Å². The third-order valence-corrected chi connectivity index (χ3v) is 4.10. The number of hydrogen-bond donors (Lipinski definition) is 1. The standard InChI is InChI=1S/C20H24N2O3/c1-15-7-6-10-18(16(15)2)25-14-20(24)22(12-11-19(21)23)13-17-8-4-3-5-9-17/h3-10H,11-14H2,1-2H3,(H2,21,23). The lowest BCUT2D eigenvalue weighted by atomic mass is 10.1. The van der Waals surface area contributed by atoms with Gasteiger partial charge in [-0.2, -0.15) is 0 Å². The molecule has 0 saturated heterocycles. The van der Waals surface area contributed by atoms with Gasteiger partial charge in [-0.15, -0.1) is 0 Å². The number of hydrogen-bond acceptors (Lipinski definition) is 3. The van der Waals surface area contributed by atoms with E-state index < -0.39 is 5.91 Å². The van der Waals surface area contributed by atoms with Crippen molar-refractivity contribution in [3.05, 3.63) is 65.2 Å². The van der Waals surface area contributed by atoms with E-state index in [-0.39, 0.29) is 25.5 Å². The summed E-state index contributed by atoms with van der Waals surface area (Å²) >= 11 is 0. The first-order valence-corrected chi connectivity index (χ1v) is 8.26. The molecule has 2 amide bonds. The molecule has 5 nitrogen and oxygen atoms in total. The number of carbonyl (C=O) groups excluding carboxylic acids is 2. The molecule has 2 N–H and O–H groups in total. The summed E-state index contributed by atoms with van der Waals surface area (Å²) in [6, 6.07) is 15.4. The molecule has 0 aliphatic carbocycles. The van der Waals surface area contributed by atoms with Gasteiger partial charge in [-0.25, -0.2) is 0 Å². The van der Waals surface area contributed by atoms with E-state index in [1.54, 1.807) is 4.90 Å². The molecule has 2 aromatic carbocycles. The summed E-state index contributed by atoms with van der Waals surface area (Å²) < 4.78 is 5.70. The summed E-state index contributed by atoms with van der Waals surface area (Å²) in [5.41, 5.74) is 8.35. The third kappa shape index (κ3) is 5.64. The number of nitrogens with zero attached hydrogens (tertiary/aromatic N) is 1. The van der Waals surface area contributed by atoms with Gasteiger partial charge >= 0.3 is 0 Å². The molecule has 0 spiro atoms. The summed E-state index contributed by atoms with van der Waals surface area (Å²) in [6.45, 7) is 4.58. The first-order valence-electron chi connectivity index (χ1n) is 8.26. The first-order chi connectivity index (χ1) is 12.0. The molecule has 0 unspecified atom stereocenters. The molecule has 132 valence electrons. The van der Waals surface area contributed by atoms with Crippen LogP contribution in [-0.2, 0) is 16.1 Å². The fourth-order valence-electron chi connectivity index (χ4n) is 2.45. The number of benzene rings is 2. The van der Waals surface area contributed by atoms with Gasteiger partial charge in [-0.05, 0) is 36.6 Å². The van der Waals surface area contributed by atoms with E-state index in [1.165, 1.54) is 0 Å². The lowest BCUT2D eigenvalue weighted by Crippen LogP contribution is -2.36. The Kier molecular flexibility index (Phi) is 6.57. The van der Waals surface area contributed by atoms with Crippen molar-refractivity contribution in [1.82, 2.24) is 4.90 Å². The minimum absolute atomic E-state index is 0.0735. The van der Waals surface area contributed by atoms with Gasteiger partial charge in [0.25, 0.3) is 5.91 Å². The Morgan fingerprint density at radius 3 is 2.44 bits per heavy atom. The molecule has 2 aromatic rings. The zero-order valence-corrected chi connectivity index (χ0v) is 14.7. The van der Waals surface area contributed by atoms with Crippen molar-refractivity contribution in [3.63, 3.8) is 0 Å². The van der Waals surface area contributed by atoms with E-state index in [2.05, 4.69) is 0 Å². The molecule has 5 heteroatoms. The molecular weight excluding hydrogens is 316 g/mol. The topological polar surface area (TPSA) is 72.6 Å². The molecule has 0 aromatic heterocycles. The van der Waals surface area contributed by atoms with Gasteiger partial charge in [0.1, 0.15) is 5.75 Å². The molecule has 0 heterocycles. The second-order valence-corrected chi connectivity index (χ2v) is 6.00. The number of aryl methyl sites for hydroxylation is 1. The Bertz CT molecular complexity index is 729. The second kappa shape index (κ2) is 8.87. The minimum atomic E-state index is -0.429. The summed E-state index contributed by atoms with van der Waals surface area (Å²) in [5.74, 6) is 0.0928. The summed E-state index contributed by atoms with van der Waals surface area (Å²) in [5, 5.41) is 0. The van der Waals surface area contributed by atoms with Crippen molar-refractivity contribution >= 4 is 11.8 Å². The van der Waals surface area contributed by atoms with Crippen LogP contribution in [0, 0.1) is 13.8 Å². The van der Waals surface area contributed by atoms with E-state index in [4.69, 9.17) is 10.5 Å². The van der Waals surface area contributed by atoms with Crippen LogP contribution in [0.1, 0.15) is 23.1 Å². The molecule has 0 saturated carbocycles. The highest BCUT2D eigenvalue weighted by Crippen LogP contribution is 2.20. The molecule has 0 bridgehead atoms. The zero-order chi connectivity index (χ0) is 18.2. The van der Waals surface area contributed by atoms with Crippen LogP contribution in [0.5, 0.6) is 5.75 Å². The molecule has 0 radical (unpaired) electrons. The van der Waals surface area contributed by atoms with Gasteiger partial charge in [-0.1, -0.05) is 42.5 Å². The van der Waals surface area contributed by atoms with Crippen molar-refractivity contribution in [1.29, 1.82) is 0 Å². The second-order valence-electron chi connectivity index (χ2n) is 6.00. The molecular formula is C20H24N2O3. The molecule has 0 aliphatic heterocycles. The number of primary amides is 1. The molecule has 0 atom stereocenters. The molecule has 0 aliphatic rings. The fraction of sp³-hybridized carbons (Fsp3) is 0.300. The highest BCUT2D eigenvalue weighted by Gasteiger charge is 2.16. The Labute approximate surface area is 148 Å². The van der Waals surface area contributed by atoms with Gasteiger partial charge < -0.3 is 15.4 Å². The molecule has 25 heavy (non-hydrogen) atoms. The molecule has 2 rings (SSSR count). The van der Waals surface area contributed by atoms with Crippen LogP contribution in [0.2, 0.25) is 0 Å². The number of rotatable bonds is 8. The van der Waals surface area contributed by atoms with Crippen LogP contribution < -0.4 is 10.5 Å². The van der Waals surface area contributed by atoms with Gasteiger partial charge in [0.05, 0.1) is 0 Å². The van der Waals surface area contributed by atoms with E-state index in [0.717, 1.165) is 16.7 Å².